The van der Waals surface area contributed by atoms with Gasteiger partial charge in [0.2, 0.25) is 5.91 Å². The molecule has 0 aliphatic heterocycles. The minimum atomic E-state index is -0.957. The topological polar surface area (TPSA) is 65.8 Å². The average molecular weight is 231 g/mol. The van der Waals surface area contributed by atoms with E-state index in [1.807, 2.05) is 26.0 Å². The molecule has 1 N–H and O–H groups in total. The van der Waals surface area contributed by atoms with Crippen LogP contribution >= 0.6 is 0 Å². The highest BCUT2D eigenvalue weighted by molar-refractivity contribution is 5.85. The highest BCUT2D eigenvalue weighted by atomic mass is 16.2. The summed E-state index contributed by atoms with van der Waals surface area (Å²) in [6.45, 7) is 5.38. The lowest BCUT2D eigenvalue weighted by Gasteiger charge is -2.22. The van der Waals surface area contributed by atoms with Crippen molar-refractivity contribution in [3.05, 3.63) is 30.1 Å². The maximum absolute atomic E-state index is 12.0. The summed E-state index contributed by atoms with van der Waals surface area (Å²) in [6, 6.07) is 5.64. The lowest BCUT2D eigenvalue weighted by molar-refractivity contribution is -0.128. The van der Waals surface area contributed by atoms with Gasteiger partial charge in [0, 0.05) is 12.4 Å². The smallest absolute Gasteiger partial charge is 0.240 e. The van der Waals surface area contributed by atoms with Crippen LogP contribution in [-0.2, 0) is 4.79 Å². The van der Waals surface area contributed by atoms with Gasteiger partial charge in [0.15, 0.2) is 0 Å². The van der Waals surface area contributed by atoms with Crippen LogP contribution in [0.4, 0.5) is 0 Å². The molecule has 0 spiro atoms. The van der Waals surface area contributed by atoms with Crippen molar-refractivity contribution in [2.45, 2.75) is 33.2 Å². The highest BCUT2D eigenvalue weighted by Gasteiger charge is 2.31. The summed E-state index contributed by atoms with van der Waals surface area (Å²) in [6.07, 6.45) is 3.86. The van der Waals surface area contributed by atoms with Gasteiger partial charge < -0.3 is 5.32 Å². The molecule has 2 unspecified atom stereocenters. The van der Waals surface area contributed by atoms with Crippen molar-refractivity contribution >= 4 is 5.91 Å². The number of hydrogen-bond acceptors (Lipinski definition) is 3. The molecule has 4 heteroatoms. The molecular formula is C13H17N3O. The summed E-state index contributed by atoms with van der Waals surface area (Å²) in [7, 11) is 0. The van der Waals surface area contributed by atoms with Crippen molar-refractivity contribution in [3.63, 3.8) is 0 Å². The summed E-state index contributed by atoms with van der Waals surface area (Å²) in [5, 5.41) is 11.9. The Bertz CT molecular complexity index is 424. The van der Waals surface area contributed by atoms with Crippen LogP contribution in [0.2, 0.25) is 0 Å². The van der Waals surface area contributed by atoms with Crippen molar-refractivity contribution in [1.29, 1.82) is 5.26 Å². The number of pyridine rings is 1. The standard InChI is InChI=1S/C13H17N3O/c1-4-13(3,9-14)12(17)16-10(2)11-5-7-15-8-6-11/h5-8,10H,4H2,1-3H3,(H,16,17). The van der Waals surface area contributed by atoms with Gasteiger partial charge in [-0.3, -0.25) is 9.78 Å². The van der Waals surface area contributed by atoms with Crippen molar-refractivity contribution in [2.24, 2.45) is 5.41 Å². The second-order valence-corrected chi connectivity index (χ2v) is 4.27. The zero-order chi connectivity index (χ0) is 12.9. The van der Waals surface area contributed by atoms with Crippen LogP contribution < -0.4 is 5.32 Å². The van der Waals surface area contributed by atoms with Crippen LogP contribution in [0.5, 0.6) is 0 Å². The first kappa shape index (κ1) is 13.2. The molecule has 2 atom stereocenters. The van der Waals surface area contributed by atoms with Crippen LogP contribution in [0.1, 0.15) is 38.8 Å². The third-order valence-electron chi connectivity index (χ3n) is 3.01. The normalized spacial score (nSPS) is 15.4. The fourth-order valence-corrected chi connectivity index (χ4v) is 1.38. The molecule has 0 aliphatic carbocycles. The molecule has 0 aliphatic rings. The average Bonchev–Trinajstić information content (AvgIpc) is 2.38. The Morgan fingerprint density at radius 2 is 2.18 bits per heavy atom. The maximum Gasteiger partial charge on any atom is 0.240 e. The van der Waals surface area contributed by atoms with Gasteiger partial charge >= 0.3 is 0 Å². The number of nitrogens with one attached hydrogen (secondary N) is 1. The number of nitrogens with zero attached hydrogens (tertiary/aromatic N) is 2. The second-order valence-electron chi connectivity index (χ2n) is 4.27. The molecule has 1 rings (SSSR count). The number of carbonyl (C=O) groups excluding carboxylic acids is 1. The van der Waals surface area contributed by atoms with Crippen molar-refractivity contribution < 1.29 is 4.79 Å². The minimum Gasteiger partial charge on any atom is -0.348 e. The van der Waals surface area contributed by atoms with E-state index in [2.05, 4.69) is 16.4 Å². The van der Waals surface area contributed by atoms with Crippen molar-refractivity contribution in [3.8, 4) is 6.07 Å². The molecule has 0 aromatic carbocycles. The number of rotatable bonds is 4. The molecule has 0 bridgehead atoms. The van der Waals surface area contributed by atoms with E-state index in [1.165, 1.54) is 0 Å². The Morgan fingerprint density at radius 1 is 1.59 bits per heavy atom. The van der Waals surface area contributed by atoms with Crippen LogP contribution in [0.3, 0.4) is 0 Å². The van der Waals surface area contributed by atoms with E-state index in [4.69, 9.17) is 5.26 Å². The number of nitriles is 1. The third kappa shape index (κ3) is 3.04. The Kier molecular flexibility index (Phi) is 4.22. The van der Waals surface area contributed by atoms with E-state index in [0.717, 1.165) is 5.56 Å². The first-order valence-corrected chi connectivity index (χ1v) is 5.65. The number of carbonyl (C=O) groups is 1. The van der Waals surface area contributed by atoms with Gasteiger partial charge in [0.1, 0.15) is 5.41 Å². The Morgan fingerprint density at radius 3 is 2.65 bits per heavy atom. The zero-order valence-corrected chi connectivity index (χ0v) is 10.4. The van der Waals surface area contributed by atoms with Gasteiger partial charge in [-0.1, -0.05) is 6.92 Å². The third-order valence-corrected chi connectivity index (χ3v) is 3.01. The molecule has 0 saturated carbocycles. The lowest BCUT2D eigenvalue weighted by Crippen LogP contribution is -2.38. The van der Waals surface area contributed by atoms with Crippen LogP contribution in [-0.4, -0.2) is 10.9 Å². The SMILES string of the molecule is CCC(C)(C#N)C(=O)NC(C)c1ccncc1. The molecule has 1 aromatic rings. The number of aromatic nitrogens is 1. The summed E-state index contributed by atoms with van der Waals surface area (Å²) < 4.78 is 0. The Balaban J connectivity index is 2.74. The highest BCUT2D eigenvalue weighted by Crippen LogP contribution is 2.21. The monoisotopic (exact) mass is 231 g/mol. The van der Waals surface area contributed by atoms with Gasteiger partial charge in [-0.15, -0.1) is 0 Å². The van der Waals surface area contributed by atoms with Crippen molar-refractivity contribution in [2.75, 3.05) is 0 Å². The van der Waals surface area contributed by atoms with E-state index in [1.54, 1.807) is 19.3 Å². The minimum absolute atomic E-state index is 0.121. The molecule has 0 fully saturated rings. The first-order valence-electron chi connectivity index (χ1n) is 5.65. The molecule has 1 aromatic heterocycles. The molecule has 0 radical (unpaired) electrons. The molecule has 0 saturated heterocycles. The summed E-state index contributed by atoms with van der Waals surface area (Å²) in [4.78, 5) is 15.9. The van der Waals surface area contributed by atoms with Crippen molar-refractivity contribution in [1.82, 2.24) is 10.3 Å². The van der Waals surface area contributed by atoms with E-state index in [0.29, 0.717) is 6.42 Å². The van der Waals surface area contributed by atoms with Crippen LogP contribution in [0, 0.1) is 16.7 Å². The zero-order valence-electron chi connectivity index (χ0n) is 10.4. The van der Waals surface area contributed by atoms with E-state index < -0.39 is 5.41 Å². The molecule has 1 heterocycles. The quantitative estimate of drug-likeness (QED) is 0.863. The summed E-state index contributed by atoms with van der Waals surface area (Å²) in [5.74, 6) is -0.230. The van der Waals surface area contributed by atoms with Crippen LogP contribution in [0.25, 0.3) is 0 Å². The van der Waals surface area contributed by atoms with E-state index in [-0.39, 0.29) is 11.9 Å². The fourth-order valence-electron chi connectivity index (χ4n) is 1.38. The predicted molar refractivity (Wildman–Crippen MR) is 64.8 cm³/mol. The molecular weight excluding hydrogens is 214 g/mol. The summed E-state index contributed by atoms with van der Waals surface area (Å²) >= 11 is 0. The molecule has 1 amide bonds. The van der Waals surface area contributed by atoms with E-state index >= 15 is 0 Å². The number of amides is 1. The predicted octanol–water partition coefficient (Wildman–Crippen LogP) is 2.20. The van der Waals surface area contributed by atoms with Gasteiger partial charge in [-0.2, -0.15) is 5.26 Å². The summed E-state index contributed by atoms with van der Waals surface area (Å²) in [5.41, 5.74) is 0.0196. The lowest BCUT2D eigenvalue weighted by atomic mass is 9.88. The Labute approximate surface area is 102 Å². The Hall–Kier alpha value is -1.89. The van der Waals surface area contributed by atoms with Gasteiger partial charge in [-0.25, -0.2) is 0 Å². The maximum atomic E-state index is 12.0. The van der Waals surface area contributed by atoms with E-state index in [9.17, 15) is 4.79 Å². The number of hydrogen-bond donors (Lipinski definition) is 1. The molecule has 90 valence electrons. The van der Waals surface area contributed by atoms with Gasteiger partial charge in [-0.05, 0) is 38.0 Å². The van der Waals surface area contributed by atoms with Gasteiger partial charge in [0.25, 0.3) is 0 Å². The molecule has 4 nitrogen and oxygen atoms in total. The second kappa shape index (κ2) is 5.44. The largest absolute Gasteiger partial charge is 0.348 e. The first-order chi connectivity index (χ1) is 8.03. The fraction of sp³-hybridized carbons (Fsp3) is 0.462. The van der Waals surface area contributed by atoms with Gasteiger partial charge in [0.05, 0.1) is 12.1 Å². The molecule has 17 heavy (non-hydrogen) atoms. The van der Waals surface area contributed by atoms with Crippen LogP contribution in [0.15, 0.2) is 24.5 Å².